The van der Waals surface area contributed by atoms with E-state index in [0.717, 1.165) is 12.8 Å². The quantitative estimate of drug-likeness (QED) is 0.537. The third-order valence-corrected chi connectivity index (χ3v) is 1.75. The number of rotatable bonds is 2. The van der Waals surface area contributed by atoms with Crippen molar-refractivity contribution in [3.63, 3.8) is 0 Å². The Labute approximate surface area is 89.7 Å². The van der Waals surface area contributed by atoms with Gasteiger partial charge in [-0.05, 0) is 24.0 Å². The summed E-state index contributed by atoms with van der Waals surface area (Å²) in [6.07, 6.45) is 10.2. The molecule has 0 saturated heterocycles. The lowest BCUT2D eigenvalue weighted by Gasteiger charge is -2.08. The SMILES string of the molecule is C=CC1=C(C=C)CC=CC1.CC.CC. The monoisotopic (exact) mass is 192 g/mol. The van der Waals surface area contributed by atoms with E-state index < -0.39 is 0 Å². The highest BCUT2D eigenvalue weighted by Gasteiger charge is 2.00. The van der Waals surface area contributed by atoms with Gasteiger partial charge >= 0.3 is 0 Å². The van der Waals surface area contributed by atoms with Gasteiger partial charge in [0.1, 0.15) is 0 Å². The van der Waals surface area contributed by atoms with E-state index in [0.29, 0.717) is 0 Å². The number of hydrogen-bond acceptors (Lipinski definition) is 0. The Bertz CT molecular complexity index is 182. The second-order valence-electron chi connectivity index (χ2n) is 2.34. The van der Waals surface area contributed by atoms with Crippen molar-refractivity contribution >= 4 is 0 Å². The molecule has 80 valence electrons. The van der Waals surface area contributed by atoms with Crippen LogP contribution in [-0.2, 0) is 0 Å². The summed E-state index contributed by atoms with van der Waals surface area (Å²) in [5, 5.41) is 0. The lowest BCUT2D eigenvalue weighted by Crippen LogP contribution is -1.89. The van der Waals surface area contributed by atoms with E-state index in [1.165, 1.54) is 11.1 Å². The molecule has 0 N–H and O–H groups in total. The lowest BCUT2D eigenvalue weighted by atomic mass is 9.97. The van der Waals surface area contributed by atoms with Crippen LogP contribution in [0.4, 0.5) is 0 Å². The summed E-state index contributed by atoms with van der Waals surface area (Å²) in [5.41, 5.74) is 2.63. The first kappa shape index (κ1) is 15.4. The van der Waals surface area contributed by atoms with Gasteiger partial charge in [-0.1, -0.05) is 65.2 Å². The van der Waals surface area contributed by atoms with Crippen LogP contribution in [0.5, 0.6) is 0 Å². The van der Waals surface area contributed by atoms with Gasteiger partial charge in [-0.3, -0.25) is 0 Å². The van der Waals surface area contributed by atoms with Crippen LogP contribution in [0, 0.1) is 0 Å². The molecule has 0 saturated carbocycles. The average Bonchev–Trinajstić information content (AvgIpc) is 2.34. The topological polar surface area (TPSA) is 0 Å². The molecular formula is C14H24. The molecule has 0 radical (unpaired) electrons. The van der Waals surface area contributed by atoms with Gasteiger partial charge < -0.3 is 0 Å². The molecule has 0 aromatic carbocycles. The van der Waals surface area contributed by atoms with Gasteiger partial charge in [0.15, 0.2) is 0 Å². The maximum absolute atomic E-state index is 3.74. The fraction of sp³-hybridized carbons (Fsp3) is 0.429. The lowest BCUT2D eigenvalue weighted by molar-refractivity contribution is 1.11. The van der Waals surface area contributed by atoms with Crippen LogP contribution in [0.2, 0.25) is 0 Å². The first-order valence-corrected chi connectivity index (χ1v) is 5.50. The van der Waals surface area contributed by atoms with Crippen molar-refractivity contribution in [1.82, 2.24) is 0 Å². The molecule has 0 unspecified atom stereocenters. The molecule has 1 rings (SSSR count). The van der Waals surface area contributed by atoms with E-state index in [2.05, 4.69) is 25.3 Å². The Morgan fingerprint density at radius 2 is 1.14 bits per heavy atom. The molecule has 0 amide bonds. The Morgan fingerprint density at radius 1 is 0.857 bits per heavy atom. The van der Waals surface area contributed by atoms with Gasteiger partial charge in [-0.2, -0.15) is 0 Å². The fourth-order valence-corrected chi connectivity index (χ4v) is 1.11. The molecule has 14 heavy (non-hydrogen) atoms. The smallest absolute Gasteiger partial charge is 0.00947 e. The third kappa shape index (κ3) is 5.58. The summed E-state index contributed by atoms with van der Waals surface area (Å²) in [6, 6.07) is 0. The van der Waals surface area contributed by atoms with Crippen LogP contribution >= 0.6 is 0 Å². The largest absolute Gasteiger partial charge is 0.0988 e. The van der Waals surface area contributed by atoms with Crippen molar-refractivity contribution in [1.29, 1.82) is 0 Å². The first-order chi connectivity index (χ1) is 6.88. The Morgan fingerprint density at radius 3 is 1.36 bits per heavy atom. The van der Waals surface area contributed by atoms with Crippen LogP contribution in [0.15, 0.2) is 48.6 Å². The molecule has 1 aliphatic carbocycles. The second-order valence-corrected chi connectivity index (χ2v) is 2.34. The normalized spacial score (nSPS) is 13.1. The fourth-order valence-electron chi connectivity index (χ4n) is 1.11. The molecule has 1 aliphatic rings. The minimum absolute atomic E-state index is 1.02. The van der Waals surface area contributed by atoms with Crippen molar-refractivity contribution in [2.75, 3.05) is 0 Å². The third-order valence-electron chi connectivity index (χ3n) is 1.75. The standard InChI is InChI=1S/C10H12.2C2H6/c1-3-9-7-5-6-8-10(9)4-2;2*1-2/h3-6H,1-2,7-8H2;2*1-2H3. The van der Waals surface area contributed by atoms with E-state index in [1.54, 1.807) is 0 Å². The zero-order valence-corrected chi connectivity index (χ0v) is 10.1. The molecular weight excluding hydrogens is 168 g/mol. The summed E-state index contributed by atoms with van der Waals surface area (Å²) < 4.78 is 0. The van der Waals surface area contributed by atoms with Gasteiger partial charge in [-0.15, -0.1) is 0 Å². The zero-order valence-electron chi connectivity index (χ0n) is 10.1. The highest BCUT2D eigenvalue weighted by atomic mass is 14.1. The maximum atomic E-state index is 3.74. The van der Waals surface area contributed by atoms with Gasteiger partial charge in [0.25, 0.3) is 0 Å². The van der Waals surface area contributed by atoms with Crippen molar-refractivity contribution in [2.24, 2.45) is 0 Å². The van der Waals surface area contributed by atoms with Crippen LogP contribution in [0.25, 0.3) is 0 Å². The van der Waals surface area contributed by atoms with E-state index in [-0.39, 0.29) is 0 Å². The molecule has 0 fully saturated rings. The van der Waals surface area contributed by atoms with Gasteiger partial charge in [0, 0.05) is 0 Å². The highest BCUT2D eigenvalue weighted by molar-refractivity contribution is 5.36. The zero-order chi connectivity index (χ0) is 11.4. The molecule has 0 spiro atoms. The van der Waals surface area contributed by atoms with E-state index in [1.807, 2.05) is 39.8 Å². The second kappa shape index (κ2) is 12.0. The molecule has 0 heterocycles. The highest BCUT2D eigenvalue weighted by Crippen LogP contribution is 2.20. The van der Waals surface area contributed by atoms with Crippen LogP contribution in [0.3, 0.4) is 0 Å². The van der Waals surface area contributed by atoms with Crippen LogP contribution < -0.4 is 0 Å². The molecule has 0 aromatic heterocycles. The number of hydrogen-bond donors (Lipinski definition) is 0. The summed E-state index contributed by atoms with van der Waals surface area (Å²) in [5.74, 6) is 0. The predicted octanol–water partition coefficient (Wildman–Crippen LogP) is 5.06. The molecule has 0 aromatic rings. The molecule has 0 heteroatoms. The van der Waals surface area contributed by atoms with Gasteiger partial charge in [0.05, 0.1) is 0 Å². The maximum Gasteiger partial charge on any atom is -0.00947 e. The van der Waals surface area contributed by atoms with Crippen molar-refractivity contribution in [3.05, 3.63) is 48.6 Å². The van der Waals surface area contributed by atoms with E-state index in [9.17, 15) is 0 Å². The van der Waals surface area contributed by atoms with Gasteiger partial charge in [0.2, 0.25) is 0 Å². The minimum Gasteiger partial charge on any atom is -0.0988 e. The van der Waals surface area contributed by atoms with Crippen LogP contribution in [-0.4, -0.2) is 0 Å². The molecule has 0 aliphatic heterocycles. The number of allylic oxidation sites excluding steroid dienone is 6. The van der Waals surface area contributed by atoms with E-state index >= 15 is 0 Å². The Hall–Kier alpha value is -1.04. The first-order valence-electron chi connectivity index (χ1n) is 5.50. The Kier molecular flexibility index (Phi) is 13.2. The summed E-state index contributed by atoms with van der Waals surface area (Å²) in [6.45, 7) is 15.5. The van der Waals surface area contributed by atoms with Crippen LogP contribution in [0.1, 0.15) is 40.5 Å². The van der Waals surface area contributed by atoms with Crippen molar-refractivity contribution in [3.8, 4) is 0 Å². The molecule has 0 bridgehead atoms. The molecule has 0 nitrogen and oxygen atoms in total. The average molecular weight is 192 g/mol. The van der Waals surface area contributed by atoms with Crippen molar-refractivity contribution < 1.29 is 0 Å². The van der Waals surface area contributed by atoms with Crippen molar-refractivity contribution in [2.45, 2.75) is 40.5 Å². The summed E-state index contributed by atoms with van der Waals surface area (Å²) in [7, 11) is 0. The van der Waals surface area contributed by atoms with Gasteiger partial charge in [-0.25, -0.2) is 0 Å². The molecule has 0 atom stereocenters. The van der Waals surface area contributed by atoms with E-state index in [4.69, 9.17) is 0 Å². The predicted molar refractivity (Wildman–Crippen MR) is 68.5 cm³/mol. The summed E-state index contributed by atoms with van der Waals surface area (Å²) >= 11 is 0. The summed E-state index contributed by atoms with van der Waals surface area (Å²) in [4.78, 5) is 0. The Balaban J connectivity index is 0. The minimum atomic E-state index is 1.02.